The number of hydrogen-bond donors (Lipinski definition) is 3. The van der Waals surface area contributed by atoms with Gasteiger partial charge in [0.2, 0.25) is 0 Å². The van der Waals surface area contributed by atoms with Gasteiger partial charge in [-0.2, -0.15) is 0 Å². The van der Waals surface area contributed by atoms with E-state index in [4.69, 9.17) is 0 Å². The van der Waals surface area contributed by atoms with Gasteiger partial charge in [0.25, 0.3) is 17.4 Å². The van der Waals surface area contributed by atoms with E-state index in [-0.39, 0.29) is 29.5 Å². The molecule has 36 heavy (non-hydrogen) atoms. The number of carbonyl (C=O) groups excluding carboxylic acids is 2. The minimum atomic E-state index is -0.626. The third-order valence-electron chi connectivity index (χ3n) is 6.15. The van der Waals surface area contributed by atoms with Gasteiger partial charge in [-0.1, -0.05) is 30.3 Å². The molecule has 9 nitrogen and oxygen atoms in total. The maximum atomic E-state index is 13.1. The summed E-state index contributed by atoms with van der Waals surface area (Å²) >= 11 is 0. The van der Waals surface area contributed by atoms with Crippen LogP contribution in [-0.4, -0.2) is 69.4 Å². The number of nitrogens with one attached hydrogen (secondary N) is 2. The molecule has 3 aromatic rings. The van der Waals surface area contributed by atoms with Gasteiger partial charge in [-0.05, 0) is 29.8 Å². The lowest BCUT2D eigenvalue weighted by atomic mass is 10.1. The molecule has 10 heteroatoms. The Morgan fingerprint density at radius 3 is 2.39 bits per heavy atom. The van der Waals surface area contributed by atoms with Crippen LogP contribution in [0, 0.1) is 5.82 Å². The molecule has 1 aliphatic heterocycles. The molecule has 0 atom stereocenters. The number of amides is 2. The van der Waals surface area contributed by atoms with Crippen molar-refractivity contribution in [2.75, 3.05) is 32.7 Å². The monoisotopic (exact) mass is 493 g/mol. The number of carbonyl (C=O) groups is 2. The van der Waals surface area contributed by atoms with Crippen molar-refractivity contribution in [2.45, 2.75) is 19.6 Å². The summed E-state index contributed by atoms with van der Waals surface area (Å²) in [6.45, 7) is 2.64. The van der Waals surface area contributed by atoms with Crippen molar-refractivity contribution in [3.8, 4) is 0 Å². The summed E-state index contributed by atoms with van der Waals surface area (Å²) in [6, 6.07) is 14.9. The Bertz CT molecular complexity index is 1260. The van der Waals surface area contributed by atoms with Crippen LogP contribution in [0.15, 0.2) is 59.4 Å². The fourth-order valence-corrected chi connectivity index (χ4v) is 4.07. The first-order valence-electron chi connectivity index (χ1n) is 11.8. The van der Waals surface area contributed by atoms with E-state index in [1.807, 2.05) is 23.1 Å². The number of halogens is 1. The van der Waals surface area contributed by atoms with Crippen LogP contribution in [0.25, 0.3) is 0 Å². The SMILES string of the molecule is O=C(NCc1ccc(F)cc1)c1nc(CCN2CCN(C(=O)c3ccccc3)CC2)[nH]c(=O)c1CO. The Balaban J connectivity index is 1.35. The third kappa shape index (κ3) is 6.21. The average molecular weight is 494 g/mol. The normalized spacial score (nSPS) is 14.0. The van der Waals surface area contributed by atoms with Gasteiger partial charge in [0.1, 0.15) is 17.3 Å². The Labute approximate surface area is 207 Å². The number of H-pyrrole nitrogens is 1. The number of rotatable bonds is 8. The minimum Gasteiger partial charge on any atom is -0.391 e. The molecule has 1 fully saturated rings. The zero-order chi connectivity index (χ0) is 25.5. The topological polar surface area (TPSA) is 119 Å². The number of aromatic nitrogens is 2. The van der Waals surface area contributed by atoms with Crippen molar-refractivity contribution in [1.82, 2.24) is 25.1 Å². The number of aliphatic hydroxyl groups is 1. The predicted molar refractivity (Wildman–Crippen MR) is 131 cm³/mol. The molecule has 0 bridgehead atoms. The molecule has 0 aliphatic carbocycles. The third-order valence-corrected chi connectivity index (χ3v) is 6.15. The molecular formula is C26H28FN5O4. The molecule has 2 heterocycles. The second kappa shape index (κ2) is 11.7. The van der Waals surface area contributed by atoms with Crippen LogP contribution in [0.1, 0.15) is 37.8 Å². The molecule has 0 spiro atoms. The van der Waals surface area contributed by atoms with E-state index >= 15 is 0 Å². The lowest BCUT2D eigenvalue weighted by Gasteiger charge is -2.34. The van der Waals surface area contributed by atoms with E-state index in [0.717, 1.165) is 0 Å². The molecule has 188 valence electrons. The van der Waals surface area contributed by atoms with E-state index in [9.17, 15) is 23.9 Å². The molecule has 1 saturated heterocycles. The number of hydrogen-bond acceptors (Lipinski definition) is 6. The number of benzene rings is 2. The molecule has 0 saturated carbocycles. The lowest BCUT2D eigenvalue weighted by Crippen LogP contribution is -2.49. The van der Waals surface area contributed by atoms with Crippen LogP contribution in [0.4, 0.5) is 4.39 Å². The van der Waals surface area contributed by atoms with Crippen molar-refractivity contribution in [3.05, 3.63) is 99.0 Å². The van der Waals surface area contributed by atoms with E-state index in [2.05, 4.69) is 20.2 Å². The molecule has 0 radical (unpaired) electrons. The smallest absolute Gasteiger partial charge is 0.270 e. The molecule has 0 unspecified atom stereocenters. The first kappa shape index (κ1) is 25.2. The molecule has 3 N–H and O–H groups in total. The highest BCUT2D eigenvalue weighted by molar-refractivity contribution is 5.94. The van der Waals surface area contributed by atoms with Gasteiger partial charge >= 0.3 is 0 Å². The highest BCUT2D eigenvalue weighted by atomic mass is 19.1. The summed E-state index contributed by atoms with van der Waals surface area (Å²) < 4.78 is 13.1. The fourth-order valence-electron chi connectivity index (χ4n) is 4.07. The van der Waals surface area contributed by atoms with E-state index in [1.165, 1.54) is 12.1 Å². The van der Waals surface area contributed by atoms with Crippen LogP contribution in [-0.2, 0) is 19.6 Å². The predicted octanol–water partition coefficient (Wildman–Crippen LogP) is 1.33. The van der Waals surface area contributed by atoms with Gasteiger partial charge in [0.05, 0.1) is 12.2 Å². The Morgan fingerprint density at radius 1 is 1.03 bits per heavy atom. The van der Waals surface area contributed by atoms with Crippen LogP contribution in [0.2, 0.25) is 0 Å². The zero-order valence-electron chi connectivity index (χ0n) is 19.7. The van der Waals surface area contributed by atoms with Crippen molar-refractivity contribution in [1.29, 1.82) is 0 Å². The maximum Gasteiger partial charge on any atom is 0.270 e. The summed E-state index contributed by atoms with van der Waals surface area (Å²) in [4.78, 5) is 48.8. The standard InChI is InChI=1S/C26H28FN5O4/c27-20-8-6-18(7-9-20)16-28-25(35)23-21(17-33)24(34)30-22(29-23)10-11-31-12-14-32(15-13-31)26(36)19-4-2-1-3-5-19/h1-9,33H,10-17H2,(H,28,35)(H,29,30,34). The van der Waals surface area contributed by atoms with Crippen LogP contribution < -0.4 is 10.9 Å². The van der Waals surface area contributed by atoms with Gasteiger partial charge < -0.3 is 20.3 Å². The largest absolute Gasteiger partial charge is 0.391 e. The first-order valence-corrected chi connectivity index (χ1v) is 11.8. The van der Waals surface area contributed by atoms with Crippen molar-refractivity contribution >= 4 is 11.8 Å². The summed E-state index contributed by atoms with van der Waals surface area (Å²) in [7, 11) is 0. The molecule has 2 amide bonds. The van der Waals surface area contributed by atoms with Gasteiger partial charge in [-0.25, -0.2) is 9.37 Å². The van der Waals surface area contributed by atoms with Crippen LogP contribution in [0.5, 0.6) is 0 Å². The summed E-state index contributed by atoms with van der Waals surface area (Å²) in [5.74, 6) is -0.620. The number of aliphatic hydroxyl groups excluding tert-OH is 1. The van der Waals surface area contributed by atoms with E-state index in [0.29, 0.717) is 56.1 Å². The van der Waals surface area contributed by atoms with Crippen molar-refractivity contribution < 1.29 is 19.1 Å². The Kier molecular flexibility index (Phi) is 8.19. The highest BCUT2D eigenvalue weighted by Gasteiger charge is 2.23. The van der Waals surface area contributed by atoms with Crippen molar-refractivity contribution in [2.24, 2.45) is 0 Å². The molecule has 2 aromatic carbocycles. The second-order valence-corrected chi connectivity index (χ2v) is 8.56. The van der Waals surface area contributed by atoms with Crippen LogP contribution >= 0.6 is 0 Å². The second-order valence-electron chi connectivity index (χ2n) is 8.56. The number of piperazine rings is 1. The van der Waals surface area contributed by atoms with Gasteiger partial charge in [0, 0.05) is 51.3 Å². The quantitative estimate of drug-likeness (QED) is 0.436. The molecule has 1 aromatic heterocycles. The first-order chi connectivity index (χ1) is 17.4. The Morgan fingerprint density at radius 2 is 1.72 bits per heavy atom. The van der Waals surface area contributed by atoms with Crippen LogP contribution in [0.3, 0.4) is 0 Å². The molecular weight excluding hydrogens is 465 g/mol. The van der Waals surface area contributed by atoms with Crippen molar-refractivity contribution in [3.63, 3.8) is 0 Å². The molecule has 4 rings (SSSR count). The van der Waals surface area contributed by atoms with Gasteiger partial charge in [-0.3, -0.25) is 19.3 Å². The summed E-state index contributed by atoms with van der Waals surface area (Å²) in [5.41, 5.74) is 0.555. The number of nitrogens with zero attached hydrogens (tertiary/aromatic N) is 3. The maximum absolute atomic E-state index is 13.1. The average Bonchev–Trinajstić information content (AvgIpc) is 2.91. The lowest BCUT2D eigenvalue weighted by molar-refractivity contribution is 0.0638. The van der Waals surface area contributed by atoms with E-state index < -0.39 is 18.1 Å². The zero-order valence-corrected chi connectivity index (χ0v) is 19.7. The fraction of sp³-hybridized carbons (Fsp3) is 0.308. The summed E-state index contributed by atoms with van der Waals surface area (Å²) in [5, 5.41) is 12.3. The van der Waals surface area contributed by atoms with E-state index in [1.54, 1.807) is 24.3 Å². The summed E-state index contributed by atoms with van der Waals surface area (Å²) in [6.07, 6.45) is 0.395. The molecule has 1 aliphatic rings. The van der Waals surface area contributed by atoms with Gasteiger partial charge in [0.15, 0.2) is 0 Å². The number of aromatic amines is 1. The van der Waals surface area contributed by atoms with Gasteiger partial charge in [-0.15, -0.1) is 0 Å². The minimum absolute atomic E-state index is 0.0112. The Hall–Kier alpha value is -3.89. The highest BCUT2D eigenvalue weighted by Crippen LogP contribution is 2.10.